The fourth-order valence-corrected chi connectivity index (χ4v) is 4.85. The number of halogens is 2. The fraction of sp³-hybridized carbons (Fsp3) is 0.250. The van der Waals surface area contributed by atoms with Gasteiger partial charge in [0, 0.05) is 41.8 Å². The van der Waals surface area contributed by atoms with Crippen LogP contribution in [0.1, 0.15) is 50.3 Å². The van der Waals surface area contributed by atoms with Gasteiger partial charge in [0.1, 0.15) is 23.0 Å². The van der Waals surface area contributed by atoms with Crippen molar-refractivity contribution in [1.82, 2.24) is 30.2 Å². The molecular formula is C28H28Cl2N8. The maximum absolute atomic E-state index is 6.34. The zero-order chi connectivity index (χ0) is 27.2. The number of aliphatic imine (C=N–C) groups is 2. The van der Waals surface area contributed by atoms with E-state index in [-0.39, 0.29) is 0 Å². The fourth-order valence-electron chi connectivity index (χ4n) is 4.48. The first kappa shape index (κ1) is 25.9. The van der Waals surface area contributed by atoms with Crippen molar-refractivity contribution in [2.24, 2.45) is 9.98 Å². The molecule has 4 aromatic heterocycles. The summed E-state index contributed by atoms with van der Waals surface area (Å²) >= 11 is 12.5. The third-order valence-corrected chi connectivity index (χ3v) is 7.41. The van der Waals surface area contributed by atoms with Crippen molar-refractivity contribution >= 4 is 63.5 Å². The number of nitrogens with one attached hydrogen (secondary N) is 3. The number of aromatic amines is 2. The Morgan fingerprint density at radius 1 is 1.03 bits per heavy atom. The van der Waals surface area contributed by atoms with E-state index in [9.17, 15) is 0 Å². The van der Waals surface area contributed by atoms with Gasteiger partial charge in [-0.05, 0) is 69.8 Å². The van der Waals surface area contributed by atoms with Crippen molar-refractivity contribution in [2.45, 2.75) is 38.6 Å². The number of hydrogen-bond acceptors (Lipinski definition) is 5. The summed E-state index contributed by atoms with van der Waals surface area (Å²) in [7, 11) is 1.72. The minimum atomic E-state index is -0.541. The van der Waals surface area contributed by atoms with Crippen LogP contribution in [0.3, 0.4) is 0 Å². The zero-order valence-corrected chi connectivity index (χ0v) is 23.3. The summed E-state index contributed by atoms with van der Waals surface area (Å²) in [5, 5.41) is 6.58. The van der Waals surface area contributed by atoms with E-state index in [4.69, 9.17) is 28.2 Å². The first-order valence-electron chi connectivity index (χ1n) is 12.0. The molecule has 194 valence electrons. The normalized spacial score (nSPS) is 12.9. The summed E-state index contributed by atoms with van der Waals surface area (Å²) < 4.78 is 0. The molecular weight excluding hydrogens is 519 g/mol. The number of benzene rings is 1. The molecule has 0 amide bonds. The highest BCUT2D eigenvalue weighted by Gasteiger charge is 2.31. The van der Waals surface area contributed by atoms with Crippen molar-refractivity contribution in [1.29, 1.82) is 0 Å². The van der Waals surface area contributed by atoms with Gasteiger partial charge in [0.25, 0.3) is 0 Å². The van der Waals surface area contributed by atoms with Crippen LogP contribution in [-0.4, -0.2) is 44.5 Å². The van der Waals surface area contributed by atoms with Gasteiger partial charge in [-0.1, -0.05) is 29.3 Å². The van der Waals surface area contributed by atoms with E-state index in [1.807, 2.05) is 24.4 Å². The highest BCUT2D eigenvalue weighted by atomic mass is 35.5. The van der Waals surface area contributed by atoms with Crippen LogP contribution in [-0.2, 0) is 11.0 Å². The van der Waals surface area contributed by atoms with Gasteiger partial charge in [0.15, 0.2) is 5.82 Å². The molecule has 0 saturated heterocycles. The van der Waals surface area contributed by atoms with Gasteiger partial charge in [0.05, 0.1) is 21.1 Å². The largest absolute Gasteiger partial charge is 0.360 e. The van der Waals surface area contributed by atoms with E-state index in [2.05, 4.69) is 81.8 Å². The monoisotopic (exact) mass is 546 g/mol. The molecule has 0 bridgehead atoms. The molecule has 4 heterocycles. The van der Waals surface area contributed by atoms with Crippen LogP contribution < -0.4 is 5.32 Å². The second-order valence-electron chi connectivity index (χ2n) is 10.2. The number of imidazole rings is 1. The van der Waals surface area contributed by atoms with E-state index in [0.29, 0.717) is 27.4 Å². The average molecular weight is 547 g/mol. The predicted molar refractivity (Wildman–Crippen MR) is 156 cm³/mol. The Bertz CT molecular complexity index is 1710. The Labute approximate surface area is 230 Å². The van der Waals surface area contributed by atoms with Gasteiger partial charge >= 0.3 is 0 Å². The van der Waals surface area contributed by atoms with Crippen LogP contribution in [0.25, 0.3) is 21.9 Å². The first-order chi connectivity index (χ1) is 18.0. The second-order valence-corrected chi connectivity index (χ2v) is 11.1. The van der Waals surface area contributed by atoms with Crippen molar-refractivity contribution < 1.29 is 0 Å². The van der Waals surface area contributed by atoms with Crippen molar-refractivity contribution in [2.75, 3.05) is 7.05 Å². The Balaban J connectivity index is 1.50. The Hall–Kier alpha value is -3.75. The smallest absolute Gasteiger partial charge is 0.180 e. The molecule has 0 aliphatic rings. The Morgan fingerprint density at radius 2 is 1.82 bits per heavy atom. The van der Waals surface area contributed by atoms with Crippen LogP contribution in [0.4, 0.5) is 5.82 Å². The van der Waals surface area contributed by atoms with Gasteiger partial charge in [0.2, 0.25) is 0 Å². The molecule has 0 radical (unpaired) electrons. The van der Waals surface area contributed by atoms with Crippen LogP contribution in [0.5, 0.6) is 0 Å². The lowest BCUT2D eigenvalue weighted by molar-refractivity contribution is 0.484. The highest BCUT2D eigenvalue weighted by molar-refractivity contribution is 6.35. The lowest BCUT2D eigenvalue weighted by Gasteiger charge is -2.28. The molecule has 38 heavy (non-hydrogen) atoms. The van der Waals surface area contributed by atoms with Crippen LogP contribution in [0.2, 0.25) is 10.0 Å². The van der Waals surface area contributed by atoms with Crippen molar-refractivity contribution in [3.05, 3.63) is 81.6 Å². The van der Waals surface area contributed by atoms with Gasteiger partial charge in [-0.3, -0.25) is 9.98 Å². The maximum atomic E-state index is 6.34. The third kappa shape index (κ3) is 4.54. The van der Waals surface area contributed by atoms with Crippen molar-refractivity contribution in [3.63, 3.8) is 0 Å². The van der Waals surface area contributed by atoms with Crippen LogP contribution in [0, 0.1) is 0 Å². The SMILES string of the molecule is C=Nc1nc(C(C)(C)c2ccc3ncc(Cl)cc3c2)[nH]c1/C(=N\C)NC(C)(C)c1cnc2[nH]cc(Cl)c2c1. The highest BCUT2D eigenvalue weighted by Crippen LogP contribution is 2.34. The van der Waals surface area contributed by atoms with E-state index >= 15 is 0 Å². The number of amidine groups is 1. The molecule has 5 rings (SSSR count). The van der Waals surface area contributed by atoms with E-state index in [0.717, 1.165) is 38.9 Å². The lowest BCUT2D eigenvalue weighted by Crippen LogP contribution is -2.41. The molecule has 0 spiro atoms. The zero-order valence-electron chi connectivity index (χ0n) is 21.8. The number of pyridine rings is 2. The molecule has 0 saturated carbocycles. The molecule has 1 aromatic carbocycles. The molecule has 3 N–H and O–H groups in total. The van der Waals surface area contributed by atoms with E-state index < -0.39 is 11.0 Å². The maximum Gasteiger partial charge on any atom is 0.180 e. The number of hydrogen-bond donors (Lipinski definition) is 3. The minimum absolute atomic E-state index is 0.463. The van der Waals surface area contributed by atoms with Gasteiger partial charge in [-0.2, -0.15) is 0 Å². The lowest BCUT2D eigenvalue weighted by atomic mass is 9.83. The van der Waals surface area contributed by atoms with Gasteiger partial charge in [-0.15, -0.1) is 0 Å². The minimum Gasteiger partial charge on any atom is -0.360 e. The van der Waals surface area contributed by atoms with E-state index in [1.54, 1.807) is 19.4 Å². The van der Waals surface area contributed by atoms with Crippen LogP contribution in [0.15, 0.2) is 58.9 Å². The quantitative estimate of drug-likeness (QED) is 0.162. The third-order valence-electron chi connectivity index (χ3n) is 6.89. The molecule has 0 fully saturated rings. The summed E-state index contributed by atoms with van der Waals surface area (Å²) in [5.74, 6) is 1.79. The number of aromatic nitrogens is 5. The number of rotatable bonds is 6. The molecule has 0 atom stereocenters. The van der Waals surface area contributed by atoms with Crippen molar-refractivity contribution in [3.8, 4) is 0 Å². The molecule has 10 heteroatoms. The van der Waals surface area contributed by atoms with Crippen LogP contribution >= 0.6 is 23.2 Å². The summed E-state index contributed by atoms with van der Waals surface area (Å²) in [4.78, 5) is 29.0. The summed E-state index contributed by atoms with van der Waals surface area (Å²) in [6.07, 6.45) is 5.21. The second kappa shape index (κ2) is 9.53. The topological polar surface area (TPSA) is 107 Å². The Morgan fingerprint density at radius 3 is 2.55 bits per heavy atom. The molecule has 0 unspecified atom stereocenters. The molecule has 8 nitrogen and oxygen atoms in total. The molecule has 0 aliphatic heterocycles. The van der Waals surface area contributed by atoms with E-state index in [1.165, 1.54) is 0 Å². The standard InChI is InChI=1S/C28H28Cl2N8/c1-27(2,16-7-8-21-15(9-16)10-18(29)13-33-21)26-36-22(24(31-5)37-26)25(32-6)38-28(3,4)17-11-19-20(30)14-35-23(19)34-12-17/h7-14H,5H2,1-4,6H3,(H,32,38)(H,34,35)(H,36,37). The summed E-state index contributed by atoms with van der Waals surface area (Å²) in [6, 6.07) is 10.1. The average Bonchev–Trinajstić information content (AvgIpc) is 3.50. The molecule has 5 aromatic rings. The summed E-state index contributed by atoms with van der Waals surface area (Å²) in [6.45, 7) is 12.1. The number of fused-ring (bicyclic) bond motifs is 2. The number of H-pyrrole nitrogens is 2. The van der Waals surface area contributed by atoms with Gasteiger partial charge < -0.3 is 15.3 Å². The van der Waals surface area contributed by atoms with Gasteiger partial charge in [-0.25, -0.2) is 15.0 Å². The molecule has 0 aliphatic carbocycles. The number of nitrogens with zero attached hydrogens (tertiary/aromatic N) is 5. The first-order valence-corrected chi connectivity index (χ1v) is 12.8. The predicted octanol–water partition coefficient (Wildman–Crippen LogP) is 6.70. The Kier molecular flexibility index (Phi) is 6.49. The summed E-state index contributed by atoms with van der Waals surface area (Å²) in [5.41, 5.74) is 3.24.